The van der Waals surface area contributed by atoms with Gasteiger partial charge in [0.15, 0.2) is 6.61 Å². The highest BCUT2D eigenvalue weighted by atomic mass is 16.5. The van der Waals surface area contributed by atoms with E-state index in [1.165, 1.54) is 0 Å². The largest absolute Gasteiger partial charge is 0.455 e. The van der Waals surface area contributed by atoms with Crippen LogP contribution >= 0.6 is 0 Å². The molecule has 6 nitrogen and oxygen atoms in total. The predicted molar refractivity (Wildman–Crippen MR) is 90.4 cm³/mol. The van der Waals surface area contributed by atoms with Crippen molar-refractivity contribution in [2.24, 2.45) is 0 Å². The van der Waals surface area contributed by atoms with E-state index in [4.69, 9.17) is 4.74 Å². The minimum atomic E-state index is -0.667. The first-order valence-corrected chi connectivity index (χ1v) is 7.67. The van der Waals surface area contributed by atoms with E-state index in [9.17, 15) is 14.4 Å². The lowest BCUT2D eigenvalue weighted by Gasteiger charge is -2.09. The summed E-state index contributed by atoms with van der Waals surface area (Å²) in [4.78, 5) is 34.7. The lowest BCUT2D eigenvalue weighted by atomic mass is 10.1. The van der Waals surface area contributed by atoms with Crippen LogP contribution in [-0.2, 0) is 20.7 Å². The maximum atomic E-state index is 11.8. The van der Waals surface area contributed by atoms with Crippen molar-refractivity contribution in [1.82, 2.24) is 10.6 Å². The zero-order valence-corrected chi connectivity index (χ0v) is 13.7. The van der Waals surface area contributed by atoms with Crippen LogP contribution in [0.15, 0.2) is 42.5 Å². The first-order chi connectivity index (χ1) is 11.4. The second-order valence-electron chi connectivity index (χ2n) is 5.70. The summed E-state index contributed by atoms with van der Waals surface area (Å²) < 4.78 is 4.89. The molecule has 0 aliphatic carbocycles. The number of ether oxygens (including phenoxy) is 1. The molecular formula is C18H20N2O4. The average molecular weight is 328 g/mol. The Morgan fingerprint density at radius 2 is 1.75 bits per heavy atom. The second kappa shape index (κ2) is 8.10. The van der Waals surface area contributed by atoms with E-state index in [-0.39, 0.29) is 12.5 Å². The quantitative estimate of drug-likeness (QED) is 0.824. The number of fused-ring (bicyclic) bond motifs is 1. The van der Waals surface area contributed by atoms with Crippen LogP contribution in [0.1, 0.15) is 19.4 Å². The number of imide groups is 1. The number of benzene rings is 2. The number of nitrogens with one attached hydrogen (secondary N) is 2. The number of carbonyl (C=O) groups excluding carboxylic acids is 3. The van der Waals surface area contributed by atoms with Crippen molar-refractivity contribution in [2.45, 2.75) is 26.3 Å². The Hall–Kier alpha value is -2.89. The highest BCUT2D eigenvalue weighted by Gasteiger charge is 2.12. The molecule has 2 N–H and O–H groups in total. The van der Waals surface area contributed by atoms with Crippen LogP contribution in [0.2, 0.25) is 0 Å². The van der Waals surface area contributed by atoms with Crippen LogP contribution in [0.25, 0.3) is 10.8 Å². The summed E-state index contributed by atoms with van der Waals surface area (Å²) in [5.41, 5.74) is 0.802. The third-order valence-corrected chi connectivity index (χ3v) is 3.20. The maximum Gasteiger partial charge on any atom is 0.321 e. The minimum Gasteiger partial charge on any atom is -0.455 e. The van der Waals surface area contributed by atoms with Crippen LogP contribution in [0, 0.1) is 0 Å². The van der Waals surface area contributed by atoms with Crippen LogP contribution in [0.3, 0.4) is 0 Å². The fourth-order valence-electron chi connectivity index (χ4n) is 2.17. The number of urea groups is 1. The number of hydrogen-bond donors (Lipinski definition) is 2. The highest BCUT2D eigenvalue weighted by molar-refractivity contribution is 5.95. The van der Waals surface area contributed by atoms with Crippen LogP contribution < -0.4 is 10.6 Å². The van der Waals surface area contributed by atoms with E-state index in [1.54, 1.807) is 13.8 Å². The fraction of sp³-hybridized carbons (Fsp3) is 0.278. The van der Waals surface area contributed by atoms with Gasteiger partial charge in [-0.15, -0.1) is 0 Å². The molecule has 2 aromatic rings. The van der Waals surface area contributed by atoms with Gasteiger partial charge in [-0.25, -0.2) is 4.79 Å². The van der Waals surface area contributed by atoms with E-state index >= 15 is 0 Å². The first kappa shape index (κ1) is 17.5. The normalized spacial score (nSPS) is 10.5. The molecule has 0 aromatic heterocycles. The van der Waals surface area contributed by atoms with Gasteiger partial charge < -0.3 is 10.1 Å². The van der Waals surface area contributed by atoms with Gasteiger partial charge >= 0.3 is 12.0 Å². The molecule has 0 spiro atoms. The molecule has 126 valence electrons. The Labute approximate surface area is 140 Å². The van der Waals surface area contributed by atoms with Gasteiger partial charge in [0.05, 0.1) is 6.42 Å². The molecule has 0 fully saturated rings. The van der Waals surface area contributed by atoms with E-state index in [2.05, 4.69) is 10.6 Å². The summed E-state index contributed by atoms with van der Waals surface area (Å²) in [5, 5.41) is 6.72. The molecule has 0 saturated heterocycles. The maximum absolute atomic E-state index is 11.8. The van der Waals surface area contributed by atoms with Gasteiger partial charge in [0.2, 0.25) is 0 Å². The van der Waals surface area contributed by atoms with Crippen LogP contribution in [-0.4, -0.2) is 30.6 Å². The molecule has 2 rings (SSSR count). The summed E-state index contributed by atoms with van der Waals surface area (Å²) in [6.45, 7) is 3.05. The molecule has 0 atom stereocenters. The first-order valence-electron chi connectivity index (χ1n) is 7.67. The zero-order chi connectivity index (χ0) is 17.5. The van der Waals surface area contributed by atoms with Crippen molar-refractivity contribution in [3.8, 4) is 0 Å². The van der Waals surface area contributed by atoms with Crippen molar-refractivity contribution in [2.75, 3.05) is 6.61 Å². The Kier molecular flexibility index (Phi) is 5.89. The topological polar surface area (TPSA) is 84.5 Å². The molecule has 0 aliphatic heterocycles. The molecule has 0 heterocycles. The van der Waals surface area contributed by atoms with E-state index < -0.39 is 24.5 Å². The van der Waals surface area contributed by atoms with Crippen molar-refractivity contribution in [3.05, 3.63) is 48.0 Å². The van der Waals surface area contributed by atoms with Crippen molar-refractivity contribution in [3.63, 3.8) is 0 Å². The molecule has 0 saturated carbocycles. The van der Waals surface area contributed by atoms with E-state index in [0.717, 1.165) is 16.3 Å². The number of rotatable bonds is 5. The average Bonchev–Trinajstić information content (AvgIpc) is 2.52. The third-order valence-electron chi connectivity index (χ3n) is 3.20. The number of carbonyl (C=O) groups is 3. The van der Waals surface area contributed by atoms with Crippen LogP contribution in [0.4, 0.5) is 4.79 Å². The van der Waals surface area contributed by atoms with Gasteiger partial charge in [-0.05, 0) is 30.2 Å². The molecule has 0 bridgehead atoms. The van der Waals surface area contributed by atoms with Gasteiger partial charge in [-0.1, -0.05) is 42.5 Å². The van der Waals surface area contributed by atoms with E-state index in [1.807, 2.05) is 42.5 Å². The standard InChI is InChI=1S/C18H20N2O4/c1-12(2)19-18(23)20-16(21)11-24-17(22)10-13-7-8-14-5-3-4-6-15(14)9-13/h3-9,12H,10-11H2,1-2H3,(H2,19,20,21,23). The molecule has 2 aromatic carbocycles. The Bertz CT molecular complexity index is 756. The van der Waals surface area contributed by atoms with Crippen molar-refractivity contribution >= 4 is 28.7 Å². The lowest BCUT2D eigenvalue weighted by Crippen LogP contribution is -2.44. The van der Waals surface area contributed by atoms with Gasteiger partial charge in [-0.3, -0.25) is 14.9 Å². The molecule has 6 heteroatoms. The summed E-state index contributed by atoms with van der Waals surface area (Å²) in [7, 11) is 0. The van der Waals surface area contributed by atoms with Gasteiger partial charge in [0.25, 0.3) is 5.91 Å². The number of hydrogen-bond acceptors (Lipinski definition) is 4. The molecule has 0 unspecified atom stereocenters. The fourth-order valence-corrected chi connectivity index (χ4v) is 2.17. The molecule has 0 radical (unpaired) electrons. The third kappa shape index (κ3) is 5.39. The zero-order valence-electron chi connectivity index (χ0n) is 13.7. The Morgan fingerprint density at radius 3 is 2.46 bits per heavy atom. The minimum absolute atomic E-state index is 0.0658. The monoisotopic (exact) mass is 328 g/mol. The van der Waals surface area contributed by atoms with Crippen LogP contribution in [0.5, 0.6) is 0 Å². The van der Waals surface area contributed by atoms with Gasteiger partial charge in [0.1, 0.15) is 0 Å². The summed E-state index contributed by atoms with van der Waals surface area (Å²) >= 11 is 0. The Balaban J connectivity index is 1.82. The van der Waals surface area contributed by atoms with Crippen molar-refractivity contribution in [1.29, 1.82) is 0 Å². The molecular weight excluding hydrogens is 308 g/mol. The van der Waals surface area contributed by atoms with Gasteiger partial charge in [-0.2, -0.15) is 0 Å². The molecule has 3 amide bonds. The SMILES string of the molecule is CC(C)NC(=O)NC(=O)COC(=O)Cc1ccc2ccccc2c1. The van der Waals surface area contributed by atoms with Gasteiger partial charge in [0, 0.05) is 6.04 Å². The summed E-state index contributed by atoms with van der Waals surface area (Å²) in [5.74, 6) is -1.19. The highest BCUT2D eigenvalue weighted by Crippen LogP contribution is 2.16. The second-order valence-corrected chi connectivity index (χ2v) is 5.70. The number of esters is 1. The Morgan fingerprint density at radius 1 is 1.04 bits per heavy atom. The smallest absolute Gasteiger partial charge is 0.321 e. The molecule has 24 heavy (non-hydrogen) atoms. The van der Waals surface area contributed by atoms with E-state index in [0.29, 0.717) is 0 Å². The lowest BCUT2D eigenvalue weighted by molar-refractivity contribution is -0.147. The molecule has 0 aliphatic rings. The predicted octanol–water partition coefficient (Wildman–Crippen LogP) is 2.16. The summed E-state index contributed by atoms with van der Waals surface area (Å²) in [6, 6.07) is 12.8. The van der Waals surface area contributed by atoms with Crippen molar-refractivity contribution < 1.29 is 19.1 Å². The number of amides is 3. The summed E-state index contributed by atoms with van der Waals surface area (Å²) in [6.07, 6.45) is 0.0658.